The number of aliphatic hydroxyl groups excluding tert-OH is 1. The van der Waals surface area contributed by atoms with Crippen molar-refractivity contribution < 1.29 is 14.6 Å². The van der Waals surface area contributed by atoms with Gasteiger partial charge in [-0.25, -0.2) is 0 Å². The molecule has 5 heteroatoms. The summed E-state index contributed by atoms with van der Waals surface area (Å²) in [6.07, 6.45) is 4.59. The fraction of sp³-hybridized carbons (Fsp3) is 0.526. The zero-order chi connectivity index (χ0) is 16.8. The molecule has 1 aromatic carbocycles. The number of likely N-dealkylation sites (tertiary alicyclic amines) is 1. The molecule has 0 saturated carbocycles. The molecule has 0 aliphatic carbocycles. The molecule has 2 heterocycles. The molecule has 2 aliphatic heterocycles. The summed E-state index contributed by atoms with van der Waals surface area (Å²) in [6, 6.07) is 10.3. The Kier molecular flexibility index (Phi) is 5.88. The molecule has 2 atom stereocenters. The van der Waals surface area contributed by atoms with Gasteiger partial charge in [-0.2, -0.15) is 0 Å². The molecule has 1 fully saturated rings. The van der Waals surface area contributed by atoms with E-state index >= 15 is 0 Å². The van der Waals surface area contributed by atoms with Crippen molar-refractivity contribution in [2.75, 3.05) is 26.3 Å². The molecule has 1 amide bonds. The van der Waals surface area contributed by atoms with E-state index in [9.17, 15) is 9.90 Å². The van der Waals surface area contributed by atoms with Crippen LogP contribution in [-0.2, 0) is 16.1 Å². The fourth-order valence-electron chi connectivity index (χ4n) is 3.39. The summed E-state index contributed by atoms with van der Waals surface area (Å²) in [5, 5.41) is 12.7. The third-order valence-corrected chi connectivity index (χ3v) is 4.80. The predicted molar refractivity (Wildman–Crippen MR) is 92.1 cm³/mol. The van der Waals surface area contributed by atoms with Crippen molar-refractivity contribution in [3.63, 3.8) is 0 Å². The molecular formula is C19H26N2O3. The highest BCUT2D eigenvalue weighted by atomic mass is 16.5. The fourth-order valence-corrected chi connectivity index (χ4v) is 3.39. The number of hydrogen-bond acceptors (Lipinski definition) is 4. The van der Waals surface area contributed by atoms with Crippen LogP contribution in [0.5, 0.6) is 0 Å². The molecule has 5 nitrogen and oxygen atoms in total. The zero-order valence-corrected chi connectivity index (χ0v) is 14.0. The molecule has 1 aromatic rings. The first-order valence-electron chi connectivity index (χ1n) is 8.77. The number of allylic oxidation sites excluding steroid dienone is 1. The summed E-state index contributed by atoms with van der Waals surface area (Å²) in [4.78, 5) is 14.7. The minimum Gasteiger partial charge on any atom is -0.488 e. The number of nitrogens with one attached hydrogen (secondary N) is 1. The van der Waals surface area contributed by atoms with Gasteiger partial charge in [-0.05, 0) is 37.4 Å². The Balaban J connectivity index is 1.60. The van der Waals surface area contributed by atoms with Crippen molar-refractivity contribution >= 4 is 5.91 Å². The Bertz CT molecular complexity index is 573. The average Bonchev–Trinajstić information content (AvgIpc) is 2.63. The van der Waals surface area contributed by atoms with E-state index < -0.39 is 0 Å². The van der Waals surface area contributed by atoms with E-state index in [1.807, 2.05) is 24.3 Å². The quantitative estimate of drug-likeness (QED) is 0.862. The molecule has 0 bridgehead atoms. The number of nitrogens with zero attached hydrogens (tertiary/aromatic N) is 1. The van der Waals surface area contributed by atoms with Gasteiger partial charge in [0.25, 0.3) is 5.91 Å². The van der Waals surface area contributed by atoms with Gasteiger partial charge in [0.15, 0.2) is 5.76 Å². The third kappa shape index (κ3) is 4.36. The van der Waals surface area contributed by atoms with Gasteiger partial charge >= 0.3 is 0 Å². The van der Waals surface area contributed by atoms with E-state index in [0.29, 0.717) is 12.4 Å². The van der Waals surface area contributed by atoms with E-state index in [1.54, 1.807) is 0 Å². The summed E-state index contributed by atoms with van der Waals surface area (Å²) in [6.45, 7) is 3.26. The Morgan fingerprint density at radius 3 is 2.88 bits per heavy atom. The Hall–Kier alpha value is -1.85. The van der Waals surface area contributed by atoms with E-state index in [2.05, 4.69) is 22.3 Å². The van der Waals surface area contributed by atoms with Crippen LogP contribution >= 0.6 is 0 Å². The number of ether oxygens (including phenoxy) is 1. The molecule has 0 aromatic heterocycles. The van der Waals surface area contributed by atoms with Gasteiger partial charge in [0.1, 0.15) is 0 Å². The van der Waals surface area contributed by atoms with Crippen LogP contribution in [0.2, 0.25) is 0 Å². The highest BCUT2D eigenvalue weighted by molar-refractivity contribution is 5.91. The Labute approximate surface area is 143 Å². The Morgan fingerprint density at radius 1 is 1.33 bits per heavy atom. The number of amides is 1. The number of benzene rings is 1. The van der Waals surface area contributed by atoms with Gasteiger partial charge in [0, 0.05) is 31.7 Å². The summed E-state index contributed by atoms with van der Waals surface area (Å²) >= 11 is 0. The second-order valence-corrected chi connectivity index (χ2v) is 6.59. The van der Waals surface area contributed by atoms with Crippen LogP contribution in [0.25, 0.3) is 0 Å². The standard InChI is InChI=1S/C19H26N2O3/c22-14-16-9-10-21(12-15-6-2-1-3-7-15)13-17(16)20-19(23)18-8-4-5-11-24-18/h1-3,6-8,16-17,22H,4-5,9-14H2,(H,20,23)/t16-,17-/m0/s1. The molecule has 2 aliphatic rings. The molecule has 24 heavy (non-hydrogen) atoms. The maximum Gasteiger partial charge on any atom is 0.286 e. The average molecular weight is 330 g/mol. The van der Waals surface area contributed by atoms with Gasteiger partial charge in [-0.3, -0.25) is 9.69 Å². The minimum atomic E-state index is -0.153. The van der Waals surface area contributed by atoms with Crippen LogP contribution in [0.3, 0.4) is 0 Å². The normalized spacial score (nSPS) is 24.8. The lowest BCUT2D eigenvalue weighted by Crippen LogP contribution is -2.53. The van der Waals surface area contributed by atoms with E-state index in [1.165, 1.54) is 5.56 Å². The van der Waals surface area contributed by atoms with Gasteiger partial charge < -0.3 is 15.2 Å². The lowest BCUT2D eigenvalue weighted by Gasteiger charge is -2.38. The van der Waals surface area contributed by atoms with Crippen LogP contribution in [0.4, 0.5) is 0 Å². The first-order valence-corrected chi connectivity index (χ1v) is 8.77. The number of carbonyl (C=O) groups excluding carboxylic acids is 1. The highest BCUT2D eigenvalue weighted by Gasteiger charge is 2.31. The first-order chi connectivity index (χ1) is 11.8. The van der Waals surface area contributed by atoms with Crippen LogP contribution in [0.15, 0.2) is 42.2 Å². The number of aliphatic hydroxyl groups is 1. The van der Waals surface area contributed by atoms with Crippen molar-refractivity contribution in [2.45, 2.75) is 31.8 Å². The summed E-state index contributed by atoms with van der Waals surface area (Å²) < 4.78 is 5.45. The smallest absolute Gasteiger partial charge is 0.286 e. The molecule has 0 spiro atoms. The van der Waals surface area contributed by atoms with Crippen molar-refractivity contribution in [3.8, 4) is 0 Å². The van der Waals surface area contributed by atoms with E-state index in [-0.39, 0.29) is 24.5 Å². The second-order valence-electron chi connectivity index (χ2n) is 6.59. The third-order valence-electron chi connectivity index (χ3n) is 4.80. The van der Waals surface area contributed by atoms with Crippen molar-refractivity contribution in [1.29, 1.82) is 0 Å². The minimum absolute atomic E-state index is 0.0496. The molecule has 1 saturated heterocycles. The number of piperidine rings is 1. The molecule has 0 unspecified atom stereocenters. The lowest BCUT2D eigenvalue weighted by atomic mass is 9.91. The number of carbonyl (C=O) groups is 1. The monoisotopic (exact) mass is 330 g/mol. The first kappa shape index (κ1) is 17.0. The van der Waals surface area contributed by atoms with Crippen LogP contribution in [0, 0.1) is 5.92 Å². The zero-order valence-electron chi connectivity index (χ0n) is 14.0. The maximum atomic E-state index is 12.4. The number of hydrogen-bond donors (Lipinski definition) is 2. The molecular weight excluding hydrogens is 304 g/mol. The molecule has 2 N–H and O–H groups in total. The van der Waals surface area contributed by atoms with E-state index in [0.717, 1.165) is 38.9 Å². The SMILES string of the molecule is O=C(N[C@H]1CN(Cc2ccccc2)CC[C@H]1CO)C1=CCCCO1. The Morgan fingerprint density at radius 2 is 2.17 bits per heavy atom. The van der Waals surface area contributed by atoms with Gasteiger partial charge in [0.2, 0.25) is 0 Å². The van der Waals surface area contributed by atoms with Crippen molar-refractivity contribution in [3.05, 3.63) is 47.7 Å². The van der Waals surface area contributed by atoms with Crippen LogP contribution in [-0.4, -0.2) is 48.3 Å². The van der Waals surface area contributed by atoms with Crippen molar-refractivity contribution in [1.82, 2.24) is 10.2 Å². The largest absolute Gasteiger partial charge is 0.488 e. The lowest BCUT2D eigenvalue weighted by molar-refractivity contribution is -0.123. The summed E-state index contributed by atoms with van der Waals surface area (Å²) in [5.41, 5.74) is 1.27. The summed E-state index contributed by atoms with van der Waals surface area (Å²) in [7, 11) is 0. The number of rotatable bonds is 5. The van der Waals surface area contributed by atoms with Crippen molar-refractivity contribution in [2.24, 2.45) is 5.92 Å². The van der Waals surface area contributed by atoms with Crippen LogP contribution < -0.4 is 5.32 Å². The van der Waals surface area contributed by atoms with Gasteiger partial charge in [0.05, 0.1) is 6.61 Å². The molecule has 0 radical (unpaired) electrons. The van der Waals surface area contributed by atoms with Gasteiger partial charge in [-0.15, -0.1) is 0 Å². The maximum absolute atomic E-state index is 12.4. The highest BCUT2D eigenvalue weighted by Crippen LogP contribution is 2.20. The topological polar surface area (TPSA) is 61.8 Å². The second kappa shape index (κ2) is 8.31. The van der Waals surface area contributed by atoms with Gasteiger partial charge in [-0.1, -0.05) is 30.3 Å². The molecule has 130 valence electrons. The molecule has 3 rings (SSSR count). The van der Waals surface area contributed by atoms with E-state index in [4.69, 9.17) is 4.74 Å². The summed E-state index contributed by atoms with van der Waals surface area (Å²) in [5.74, 6) is 0.378. The predicted octanol–water partition coefficient (Wildman–Crippen LogP) is 1.68. The van der Waals surface area contributed by atoms with Crippen LogP contribution in [0.1, 0.15) is 24.8 Å².